The number of piperidine rings is 1. The van der Waals surface area contributed by atoms with Crippen molar-refractivity contribution in [3.05, 3.63) is 16.1 Å². The molecule has 0 saturated carbocycles. The van der Waals surface area contributed by atoms with Gasteiger partial charge < -0.3 is 10.6 Å². The van der Waals surface area contributed by atoms with Crippen LogP contribution in [0.4, 0.5) is 0 Å². The maximum absolute atomic E-state index is 12.6. The molecule has 0 radical (unpaired) electrons. The molecule has 2 rings (SSSR count). The van der Waals surface area contributed by atoms with E-state index >= 15 is 0 Å². The molecule has 1 saturated heterocycles. The van der Waals surface area contributed by atoms with E-state index in [1.807, 2.05) is 4.90 Å². The fraction of sp³-hybridized carbons (Fsp3) is 0.765. The third kappa shape index (κ3) is 4.91. The zero-order valence-corrected chi connectivity index (χ0v) is 16.3. The van der Waals surface area contributed by atoms with Crippen molar-refractivity contribution in [1.29, 1.82) is 0 Å². The molecule has 132 valence electrons. The lowest BCUT2D eigenvalue weighted by molar-refractivity contribution is -0.135. The van der Waals surface area contributed by atoms with Gasteiger partial charge in [0.15, 0.2) is 0 Å². The molecule has 1 amide bonds. The Bertz CT molecular complexity index is 506. The van der Waals surface area contributed by atoms with Crippen molar-refractivity contribution in [2.24, 2.45) is 11.7 Å². The number of aromatic nitrogens is 1. The van der Waals surface area contributed by atoms with Crippen LogP contribution in [0.5, 0.6) is 0 Å². The zero-order valence-electron chi connectivity index (χ0n) is 14.6. The highest BCUT2D eigenvalue weighted by Gasteiger charge is 2.30. The van der Waals surface area contributed by atoms with Crippen LogP contribution >= 0.6 is 23.7 Å². The van der Waals surface area contributed by atoms with Gasteiger partial charge in [0.2, 0.25) is 5.91 Å². The first-order valence-corrected chi connectivity index (χ1v) is 9.31. The van der Waals surface area contributed by atoms with Gasteiger partial charge in [0.05, 0.1) is 16.7 Å². The van der Waals surface area contributed by atoms with Gasteiger partial charge in [-0.15, -0.1) is 23.7 Å². The van der Waals surface area contributed by atoms with Crippen molar-refractivity contribution in [2.45, 2.75) is 64.8 Å². The van der Waals surface area contributed by atoms with Crippen LogP contribution in [0.2, 0.25) is 0 Å². The minimum atomic E-state index is -0.369. The molecule has 1 aromatic heterocycles. The summed E-state index contributed by atoms with van der Waals surface area (Å²) in [6.07, 6.45) is 3.10. The number of thiazole rings is 1. The Hall–Kier alpha value is -0.650. The first-order valence-electron chi connectivity index (χ1n) is 8.43. The molecule has 0 spiro atoms. The molecule has 1 fully saturated rings. The fourth-order valence-electron chi connectivity index (χ4n) is 2.84. The fourth-order valence-corrected chi connectivity index (χ4v) is 3.95. The molecule has 2 N–H and O–H groups in total. The van der Waals surface area contributed by atoms with Crippen LogP contribution in [0.1, 0.15) is 69.5 Å². The Labute approximate surface area is 150 Å². The Morgan fingerprint density at radius 2 is 2.17 bits per heavy atom. The number of halogens is 1. The largest absolute Gasteiger partial charge is 0.341 e. The molecule has 6 heteroatoms. The van der Waals surface area contributed by atoms with Crippen molar-refractivity contribution >= 4 is 29.7 Å². The Morgan fingerprint density at radius 3 is 2.74 bits per heavy atom. The molecular formula is C17H30ClN3OS. The van der Waals surface area contributed by atoms with Crippen molar-refractivity contribution in [1.82, 2.24) is 9.88 Å². The number of carbonyl (C=O) groups excluding carboxylic acids is 1. The van der Waals surface area contributed by atoms with E-state index in [0.29, 0.717) is 11.8 Å². The molecule has 4 nitrogen and oxygen atoms in total. The second-order valence-electron chi connectivity index (χ2n) is 6.80. The molecule has 1 aliphatic rings. The summed E-state index contributed by atoms with van der Waals surface area (Å²) < 4.78 is 0. The SMILES string of the molecule is CCC(C)C(N)C(=O)N1CCCC(c2nc(C(C)C)cs2)C1.Cl. The number of hydrogen-bond donors (Lipinski definition) is 1. The maximum atomic E-state index is 12.6. The van der Waals surface area contributed by atoms with E-state index in [2.05, 4.69) is 33.1 Å². The molecule has 1 aromatic rings. The number of hydrogen-bond acceptors (Lipinski definition) is 4. The van der Waals surface area contributed by atoms with E-state index < -0.39 is 0 Å². The average Bonchev–Trinajstić information content (AvgIpc) is 3.03. The highest BCUT2D eigenvalue weighted by Crippen LogP contribution is 2.31. The first-order chi connectivity index (χ1) is 10.4. The van der Waals surface area contributed by atoms with Crippen molar-refractivity contribution < 1.29 is 4.79 Å². The van der Waals surface area contributed by atoms with E-state index in [9.17, 15) is 4.79 Å². The summed E-state index contributed by atoms with van der Waals surface area (Å²) in [5, 5.41) is 3.34. The Kier molecular flexibility index (Phi) is 7.98. The van der Waals surface area contributed by atoms with Crippen molar-refractivity contribution in [3.8, 4) is 0 Å². The minimum absolute atomic E-state index is 0. The molecule has 1 aliphatic heterocycles. The summed E-state index contributed by atoms with van der Waals surface area (Å²) in [5.41, 5.74) is 7.29. The van der Waals surface area contributed by atoms with Crippen LogP contribution in [0, 0.1) is 5.92 Å². The maximum Gasteiger partial charge on any atom is 0.239 e. The molecule has 0 aromatic carbocycles. The summed E-state index contributed by atoms with van der Waals surface area (Å²) in [6.45, 7) is 10.1. The molecule has 0 bridgehead atoms. The van der Waals surface area contributed by atoms with Gasteiger partial charge in [-0.25, -0.2) is 4.98 Å². The lowest BCUT2D eigenvalue weighted by Gasteiger charge is -2.34. The van der Waals surface area contributed by atoms with Crippen molar-refractivity contribution in [2.75, 3.05) is 13.1 Å². The topological polar surface area (TPSA) is 59.2 Å². The average molecular weight is 360 g/mol. The third-order valence-corrected chi connectivity index (χ3v) is 5.78. The number of likely N-dealkylation sites (tertiary alicyclic amines) is 1. The smallest absolute Gasteiger partial charge is 0.239 e. The van der Waals surface area contributed by atoms with Gasteiger partial charge >= 0.3 is 0 Å². The number of carbonyl (C=O) groups is 1. The van der Waals surface area contributed by atoms with E-state index in [1.165, 1.54) is 10.7 Å². The van der Waals surface area contributed by atoms with Crippen LogP contribution < -0.4 is 5.73 Å². The van der Waals surface area contributed by atoms with Crippen LogP contribution in [0.25, 0.3) is 0 Å². The lowest BCUT2D eigenvalue weighted by atomic mass is 9.95. The predicted octanol–water partition coefficient (Wildman–Crippen LogP) is 3.77. The summed E-state index contributed by atoms with van der Waals surface area (Å²) in [6, 6.07) is -0.369. The normalized spacial score (nSPS) is 21.0. The van der Waals surface area contributed by atoms with Gasteiger partial charge in [0, 0.05) is 24.4 Å². The molecule has 2 heterocycles. The van der Waals surface area contributed by atoms with Crippen LogP contribution in [-0.4, -0.2) is 34.9 Å². The number of nitrogens with two attached hydrogens (primary N) is 1. The molecule has 3 atom stereocenters. The van der Waals surface area contributed by atoms with E-state index in [-0.39, 0.29) is 30.3 Å². The predicted molar refractivity (Wildman–Crippen MR) is 99.4 cm³/mol. The van der Waals surface area contributed by atoms with Gasteiger partial charge in [-0.1, -0.05) is 34.1 Å². The van der Waals surface area contributed by atoms with Gasteiger partial charge in [-0.3, -0.25) is 4.79 Å². The van der Waals surface area contributed by atoms with Crippen molar-refractivity contribution in [3.63, 3.8) is 0 Å². The van der Waals surface area contributed by atoms with Crippen LogP contribution in [0.3, 0.4) is 0 Å². The standard InChI is InChI=1S/C17H29N3OS.ClH/c1-5-12(4)15(18)17(21)20-8-6-7-13(9-20)16-19-14(10-22-16)11(2)3;/h10-13,15H,5-9,18H2,1-4H3;1H. The second kappa shape index (κ2) is 9.00. The Morgan fingerprint density at radius 1 is 1.48 bits per heavy atom. The van der Waals surface area contributed by atoms with Crippen LogP contribution in [0.15, 0.2) is 5.38 Å². The van der Waals surface area contributed by atoms with E-state index in [1.54, 1.807) is 11.3 Å². The summed E-state index contributed by atoms with van der Waals surface area (Å²) in [4.78, 5) is 19.3. The summed E-state index contributed by atoms with van der Waals surface area (Å²) >= 11 is 1.74. The summed E-state index contributed by atoms with van der Waals surface area (Å²) in [5.74, 6) is 1.18. The Balaban J connectivity index is 0.00000264. The number of amides is 1. The monoisotopic (exact) mass is 359 g/mol. The van der Waals surface area contributed by atoms with Gasteiger partial charge in [-0.05, 0) is 24.7 Å². The number of rotatable bonds is 5. The molecule has 3 unspecified atom stereocenters. The highest BCUT2D eigenvalue weighted by molar-refractivity contribution is 7.09. The highest BCUT2D eigenvalue weighted by atomic mass is 35.5. The summed E-state index contributed by atoms with van der Waals surface area (Å²) in [7, 11) is 0. The van der Waals surface area contributed by atoms with E-state index in [0.717, 1.165) is 32.4 Å². The van der Waals surface area contributed by atoms with Crippen LogP contribution in [-0.2, 0) is 4.79 Å². The molecule has 0 aliphatic carbocycles. The van der Waals surface area contributed by atoms with Gasteiger partial charge in [-0.2, -0.15) is 0 Å². The van der Waals surface area contributed by atoms with E-state index in [4.69, 9.17) is 10.7 Å². The minimum Gasteiger partial charge on any atom is -0.341 e. The first kappa shape index (κ1) is 20.4. The zero-order chi connectivity index (χ0) is 16.3. The van der Waals surface area contributed by atoms with Gasteiger partial charge in [0.25, 0.3) is 0 Å². The third-order valence-electron chi connectivity index (χ3n) is 4.76. The molecule has 23 heavy (non-hydrogen) atoms. The second-order valence-corrected chi connectivity index (χ2v) is 7.69. The quantitative estimate of drug-likeness (QED) is 0.870. The lowest BCUT2D eigenvalue weighted by Crippen LogP contribution is -2.50. The van der Waals surface area contributed by atoms with Gasteiger partial charge in [0.1, 0.15) is 0 Å². The number of nitrogens with zero attached hydrogens (tertiary/aromatic N) is 2. The molecular weight excluding hydrogens is 330 g/mol.